The lowest BCUT2D eigenvalue weighted by molar-refractivity contribution is -0.117. The van der Waals surface area contributed by atoms with Crippen molar-refractivity contribution < 1.29 is 9.59 Å². The number of rotatable bonds is 7. The van der Waals surface area contributed by atoms with E-state index in [9.17, 15) is 9.59 Å². The van der Waals surface area contributed by atoms with Crippen LogP contribution in [0.3, 0.4) is 0 Å². The highest BCUT2D eigenvalue weighted by atomic mass is 16.2. The summed E-state index contributed by atoms with van der Waals surface area (Å²) in [6.07, 6.45) is 0. The van der Waals surface area contributed by atoms with E-state index in [1.807, 2.05) is 11.9 Å². The number of nitrogens with two attached hydrogens (primary N) is 1. The second-order valence-electron chi connectivity index (χ2n) is 6.53. The number of benzene rings is 2. The number of nitrogens with zero attached hydrogens (tertiary/aromatic N) is 1. The molecule has 0 saturated carbocycles. The zero-order valence-electron chi connectivity index (χ0n) is 15.0. The van der Waals surface area contributed by atoms with Crippen LogP contribution in [-0.2, 0) is 11.3 Å². The van der Waals surface area contributed by atoms with Crippen LogP contribution in [0.5, 0.6) is 0 Å². The molecule has 0 aliphatic carbocycles. The van der Waals surface area contributed by atoms with Crippen molar-refractivity contribution in [2.45, 2.75) is 26.3 Å². The van der Waals surface area contributed by atoms with Gasteiger partial charge in [-0.2, -0.15) is 0 Å². The molecule has 0 unspecified atom stereocenters. The average molecular weight is 339 g/mol. The summed E-state index contributed by atoms with van der Waals surface area (Å²) in [6.45, 7) is 5.22. The standard InChI is InChI=1S/C20H25N3O2/c1-14(2)16-10-8-15(9-11-16)12-23(3)13-19(24)22-18-7-5-4-6-17(18)20(21)25/h4-11,14H,12-13H2,1-3H3,(H2,21,25)(H,22,24). The van der Waals surface area contributed by atoms with Gasteiger partial charge >= 0.3 is 0 Å². The van der Waals surface area contributed by atoms with Crippen molar-refractivity contribution in [3.63, 3.8) is 0 Å². The molecular weight excluding hydrogens is 314 g/mol. The minimum Gasteiger partial charge on any atom is -0.366 e. The van der Waals surface area contributed by atoms with Gasteiger partial charge in [-0.15, -0.1) is 0 Å². The van der Waals surface area contributed by atoms with Crippen LogP contribution in [0.1, 0.15) is 41.3 Å². The molecule has 2 aromatic carbocycles. The Balaban J connectivity index is 1.93. The second-order valence-corrected chi connectivity index (χ2v) is 6.53. The summed E-state index contributed by atoms with van der Waals surface area (Å²) >= 11 is 0. The molecule has 2 rings (SSSR count). The third-order valence-corrected chi connectivity index (χ3v) is 3.98. The molecular formula is C20H25N3O2. The second kappa shape index (κ2) is 8.44. The molecule has 0 spiro atoms. The van der Waals surface area contributed by atoms with Crippen LogP contribution in [-0.4, -0.2) is 30.3 Å². The number of primary amides is 1. The maximum atomic E-state index is 12.2. The molecule has 5 nitrogen and oxygen atoms in total. The largest absolute Gasteiger partial charge is 0.366 e. The molecule has 0 atom stereocenters. The molecule has 0 radical (unpaired) electrons. The fourth-order valence-corrected chi connectivity index (χ4v) is 2.62. The van der Waals surface area contributed by atoms with E-state index in [-0.39, 0.29) is 12.5 Å². The molecule has 0 bridgehead atoms. The number of anilines is 1. The van der Waals surface area contributed by atoms with Crippen molar-refractivity contribution >= 4 is 17.5 Å². The zero-order valence-corrected chi connectivity index (χ0v) is 15.0. The van der Waals surface area contributed by atoms with Crippen LogP contribution in [0.15, 0.2) is 48.5 Å². The van der Waals surface area contributed by atoms with Crippen LogP contribution in [0.25, 0.3) is 0 Å². The first-order chi connectivity index (χ1) is 11.9. The Morgan fingerprint density at radius 1 is 1.08 bits per heavy atom. The van der Waals surface area contributed by atoms with Crippen LogP contribution >= 0.6 is 0 Å². The molecule has 0 aliphatic rings. The monoisotopic (exact) mass is 339 g/mol. The summed E-state index contributed by atoms with van der Waals surface area (Å²) in [5.74, 6) is -0.243. The van der Waals surface area contributed by atoms with Gasteiger partial charge in [-0.3, -0.25) is 14.5 Å². The number of hydrogen-bond acceptors (Lipinski definition) is 3. The Labute approximate surface area is 148 Å². The number of carbonyl (C=O) groups excluding carboxylic acids is 2. The Morgan fingerprint density at radius 3 is 2.32 bits per heavy atom. The number of hydrogen-bond donors (Lipinski definition) is 2. The first kappa shape index (κ1) is 18.7. The minimum atomic E-state index is -0.561. The predicted molar refractivity (Wildman–Crippen MR) is 100 cm³/mol. The van der Waals surface area contributed by atoms with Gasteiger partial charge < -0.3 is 11.1 Å². The van der Waals surface area contributed by atoms with E-state index in [0.29, 0.717) is 23.7 Å². The minimum absolute atomic E-state index is 0.185. The predicted octanol–water partition coefficient (Wildman–Crippen LogP) is 2.98. The number of para-hydroxylation sites is 1. The summed E-state index contributed by atoms with van der Waals surface area (Å²) in [5, 5.41) is 2.75. The maximum Gasteiger partial charge on any atom is 0.250 e. The van der Waals surface area contributed by atoms with Crippen LogP contribution in [0, 0.1) is 0 Å². The fourth-order valence-electron chi connectivity index (χ4n) is 2.62. The summed E-state index contributed by atoms with van der Waals surface area (Å²) in [5.41, 5.74) is 8.52. The molecule has 0 aromatic heterocycles. The SMILES string of the molecule is CC(C)c1ccc(CN(C)CC(=O)Nc2ccccc2C(N)=O)cc1. The van der Waals surface area contributed by atoms with Crippen molar-refractivity contribution in [2.75, 3.05) is 18.9 Å². The Morgan fingerprint density at radius 2 is 1.72 bits per heavy atom. The molecule has 25 heavy (non-hydrogen) atoms. The van der Waals surface area contributed by atoms with Gasteiger partial charge in [0, 0.05) is 6.54 Å². The summed E-state index contributed by atoms with van der Waals surface area (Å²) in [4.78, 5) is 25.6. The van der Waals surface area contributed by atoms with E-state index < -0.39 is 5.91 Å². The smallest absolute Gasteiger partial charge is 0.250 e. The van der Waals surface area contributed by atoms with Gasteiger partial charge in [-0.1, -0.05) is 50.2 Å². The molecule has 132 valence electrons. The normalized spacial score (nSPS) is 10.9. The highest BCUT2D eigenvalue weighted by Crippen LogP contribution is 2.16. The topological polar surface area (TPSA) is 75.4 Å². The fraction of sp³-hybridized carbons (Fsp3) is 0.300. The first-order valence-corrected chi connectivity index (χ1v) is 8.33. The zero-order chi connectivity index (χ0) is 18.4. The highest BCUT2D eigenvalue weighted by Gasteiger charge is 2.12. The number of amides is 2. The van der Waals surface area contributed by atoms with Gasteiger partial charge in [0.2, 0.25) is 5.91 Å². The molecule has 0 fully saturated rings. The number of likely N-dealkylation sites (N-methyl/N-ethyl adjacent to an activating group) is 1. The van der Waals surface area contributed by atoms with Gasteiger partial charge in [-0.25, -0.2) is 0 Å². The lowest BCUT2D eigenvalue weighted by Gasteiger charge is -2.17. The molecule has 0 heterocycles. The Bertz CT molecular complexity index is 739. The van der Waals surface area contributed by atoms with E-state index in [1.54, 1.807) is 24.3 Å². The lowest BCUT2D eigenvalue weighted by Crippen LogP contribution is -2.30. The molecule has 2 aromatic rings. The third kappa shape index (κ3) is 5.43. The summed E-state index contributed by atoms with van der Waals surface area (Å²) < 4.78 is 0. The molecule has 0 saturated heterocycles. The number of nitrogens with one attached hydrogen (secondary N) is 1. The summed E-state index contributed by atoms with van der Waals surface area (Å²) in [7, 11) is 1.88. The van der Waals surface area contributed by atoms with Gasteiger partial charge in [0.15, 0.2) is 0 Å². The maximum absolute atomic E-state index is 12.2. The number of carbonyl (C=O) groups is 2. The van der Waals surface area contributed by atoms with E-state index in [4.69, 9.17) is 5.73 Å². The molecule has 3 N–H and O–H groups in total. The third-order valence-electron chi connectivity index (χ3n) is 3.98. The van der Waals surface area contributed by atoms with Crippen molar-refractivity contribution in [1.29, 1.82) is 0 Å². The molecule has 0 aliphatic heterocycles. The van der Waals surface area contributed by atoms with Crippen LogP contribution < -0.4 is 11.1 Å². The Hall–Kier alpha value is -2.66. The van der Waals surface area contributed by atoms with Gasteiger partial charge in [-0.05, 0) is 36.2 Å². The molecule has 5 heteroatoms. The van der Waals surface area contributed by atoms with E-state index in [2.05, 4.69) is 43.4 Å². The van der Waals surface area contributed by atoms with Crippen LogP contribution in [0.2, 0.25) is 0 Å². The average Bonchev–Trinajstić information content (AvgIpc) is 2.55. The van der Waals surface area contributed by atoms with Crippen molar-refractivity contribution in [3.05, 3.63) is 65.2 Å². The Kier molecular flexibility index (Phi) is 6.31. The van der Waals surface area contributed by atoms with Gasteiger partial charge in [0.25, 0.3) is 5.91 Å². The van der Waals surface area contributed by atoms with Gasteiger partial charge in [0.05, 0.1) is 17.8 Å². The van der Waals surface area contributed by atoms with E-state index in [1.165, 1.54) is 5.56 Å². The lowest BCUT2D eigenvalue weighted by atomic mass is 10.0. The van der Waals surface area contributed by atoms with Crippen LogP contribution in [0.4, 0.5) is 5.69 Å². The first-order valence-electron chi connectivity index (χ1n) is 8.33. The quantitative estimate of drug-likeness (QED) is 0.814. The van der Waals surface area contributed by atoms with Crippen molar-refractivity contribution in [1.82, 2.24) is 4.90 Å². The van der Waals surface area contributed by atoms with Crippen molar-refractivity contribution in [3.8, 4) is 0 Å². The molecule has 2 amide bonds. The highest BCUT2D eigenvalue weighted by molar-refractivity contribution is 6.03. The van der Waals surface area contributed by atoms with E-state index in [0.717, 1.165) is 5.56 Å². The van der Waals surface area contributed by atoms with E-state index >= 15 is 0 Å². The van der Waals surface area contributed by atoms with Crippen molar-refractivity contribution in [2.24, 2.45) is 5.73 Å². The summed E-state index contributed by atoms with van der Waals surface area (Å²) in [6, 6.07) is 15.2. The van der Waals surface area contributed by atoms with Gasteiger partial charge in [0.1, 0.15) is 0 Å².